The van der Waals surface area contributed by atoms with Gasteiger partial charge in [0.15, 0.2) is 5.78 Å². The number of ketones is 1. The van der Waals surface area contributed by atoms with Crippen LogP contribution in [-0.2, 0) is 19.0 Å². The lowest BCUT2D eigenvalue weighted by molar-refractivity contribution is -0.130. The Morgan fingerprint density at radius 2 is 2.07 bits per heavy atom. The molecule has 0 aromatic carbocycles. The third kappa shape index (κ3) is 4.17. The number of hydrogen-bond donors (Lipinski definition) is 0. The maximum absolute atomic E-state index is 11.5. The Morgan fingerprint density at radius 3 is 2.71 bits per heavy atom. The van der Waals surface area contributed by atoms with E-state index in [9.17, 15) is 4.79 Å². The zero-order chi connectivity index (χ0) is 10.2. The maximum Gasteiger partial charge on any atom is 0.161 e. The first-order chi connectivity index (χ1) is 6.84. The quantitative estimate of drug-likeness (QED) is 0.593. The molecule has 0 aliphatic carbocycles. The van der Waals surface area contributed by atoms with Crippen molar-refractivity contribution >= 4 is 5.78 Å². The number of hydrogen-bond acceptors (Lipinski definition) is 4. The van der Waals surface area contributed by atoms with Gasteiger partial charge in [-0.25, -0.2) is 0 Å². The van der Waals surface area contributed by atoms with E-state index in [-0.39, 0.29) is 18.3 Å². The van der Waals surface area contributed by atoms with Crippen LogP contribution in [0.5, 0.6) is 0 Å². The zero-order valence-corrected chi connectivity index (χ0v) is 8.66. The summed E-state index contributed by atoms with van der Waals surface area (Å²) in [6.45, 7) is 2.66. The third-order valence-electron chi connectivity index (χ3n) is 2.35. The molecule has 0 unspecified atom stereocenters. The first kappa shape index (κ1) is 11.6. The fraction of sp³-hybridized carbons (Fsp3) is 0.900. The highest BCUT2D eigenvalue weighted by molar-refractivity contribution is 5.82. The third-order valence-corrected chi connectivity index (χ3v) is 2.35. The van der Waals surface area contributed by atoms with Crippen LogP contribution in [0, 0.1) is 5.92 Å². The Bertz CT molecular complexity index is 164. The molecule has 1 rings (SSSR count). The standard InChI is InChI=1S/C10H18O4/c1-12-6-7-14-8-10(11)9-2-4-13-5-3-9/h9H,2-8H2,1H3. The molecule has 82 valence electrons. The summed E-state index contributed by atoms with van der Waals surface area (Å²) in [6.07, 6.45) is 1.68. The molecule has 0 amide bonds. The van der Waals surface area contributed by atoms with Crippen molar-refractivity contribution in [2.75, 3.05) is 40.1 Å². The van der Waals surface area contributed by atoms with Crippen molar-refractivity contribution < 1.29 is 19.0 Å². The highest BCUT2D eigenvalue weighted by Gasteiger charge is 2.20. The second kappa shape index (κ2) is 6.92. The highest BCUT2D eigenvalue weighted by Crippen LogP contribution is 2.15. The van der Waals surface area contributed by atoms with Gasteiger partial charge in [-0.3, -0.25) is 4.79 Å². The van der Waals surface area contributed by atoms with E-state index in [0.717, 1.165) is 12.8 Å². The molecule has 4 heteroatoms. The number of carbonyl (C=O) groups excluding carboxylic acids is 1. The molecule has 1 fully saturated rings. The number of carbonyl (C=O) groups is 1. The summed E-state index contributed by atoms with van der Waals surface area (Å²) >= 11 is 0. The Morgan fingerprint density at radius 1 is 1.36 bits per heavy atom. The van der Waals surface area contributed by atoms with Gasteiger partial charge in [0.2, 0.25) is 0 Å². The molecule has 1 heterocycles. The zero-order valence-electron chi connectivity index (χ0n) is 8.66. The smallest absolute Gasteiger partial charge is 0.161 e. The summed E-state index contributed by atoms with van der Waals surface area (Å²) in [4.78, 5) is 11.5. The topological polar surface area (TPSA) is 44.8 Å². The molecule has 0 aromatic rings. The largest absolute Gasteiger partial charge is 0.382 e. The molecule has 0 bridgehead atoms. The average Bonchev–Trinajstić information content (AvgIpc) is 2.25. The minimum atomic E-state index is 0.145. The Kier molecular flexibility index (Phi) is 5.75. The molecule has 14 heavy (non-hydrogen) atoms. The number of Topliss-reactive ketones (excluding diaryl/α,β-unsaturated/α-hetero) is 1. The average molecular weight is 202 g/mol. The van der Waals surface area contributed by atoms with E-state index >= 15 is 0 Å². The lowest BCUT2D eigenvalue weighted by Crippen LogP contribution is -2.27. The summed E-state index contributed by atoms with van der Waals surface area (Å²) in [5.41, 5.74) is 0. The summed E-state index contributed by atoms with van der Waals surface area (Å²) in [7, 11) is 1.61. The summed E-state index contributed by atoms with van der Waals surface area (Å²) in [6, 6.07) is 0. The van der Waals surface area contributed by atoms with Crippen LogP contribution >= 0.6 is 0 Å². The monoisotopic (exact) mass is 202 g/mol. The Balaban J connectivity index is 2.07. The van der Waals surface area contributed by atoms with Crippen molar-refractivity contribution in [1.82, 2.24) is 0 Å². The molecule has 0 saturated carbocycles. The molecule has 1 saturated heterocycles. The van der Waals surface area contributed by atoms with Crippen LogP contribution in [-0.4, -0.2) is 45.9 Å². The van der Waals surface area contributed by atoms with E-state index in [4.69, 9.17) is 14.2 Å². The van der Waals surface area contributed by atoms with Gasteiger partial charge >= 0.3 is 0 Å². The Hall–Kier alpha value is -0.450. The van der Waals surface area contributed by atoms with E-state index in [1.54, 1.807) is 7.11 Å². The molecule has 0 radical (unpaired) electrons. The summed E-state index contributed by atoms with van der Waals surface area (Å²) in [5, 5.41) is 0. The summed E-state index contributed by atoms with van der Waals surface area (Å²) in [5.74, 6) is 0.343. The molecule has 0 N–H and O–H groups in total. The normalized spacial score (nSPS) is 18.4. The fourth-order valence-electron chi connectivity index (χ4n) is 1.45. The molecular weight excluding hydrogens is 184 g/mol. The second-order valence-electron chi connectivity index (χ2n) is 3.40. The highest BCUT2D eigenvalue weighted by atomic mass is 16.5. The van der Waals surface area contributed by atoms with Gasteiger partial charge in [0, 0.05) is 26.2 Å². The van der Waals surface area contributed by atoms with Crippen molar-refractivity contribution in [3.05, 3.63) is 0 Å². The van der Waals surface area contributed by atoms with Gasteiger partial charge in [0.05, 0.1) is 13.2 Å². The van der Waals surface area contributed by atoms with E-state index in [1.165, 1.54) is 0 Å². The van der Waals surface area contributed by atoms with Crippen LogP contribution in [0.15, 0.2) is 0 Å². The first-order valence-corrected chi connectivity index (χ1v) is 5.01. The van der Waals surface area contributed by atoms with Gasteiger partial charge in [-0.1, -0.05) is 0 Å². The SMILES string of the molecule is COCCOCC(=O)C1CCOCC1. The van der Waals surface area contributed by atoms with Gasteiger partial charge in [-0.05, 0) is 12.8 Å². The van der Waals surface area contributed by atoms with Crippen molar-refractivity contribution in [3.8, 4) is 0 Å². The first-order valence-electron chi connectivity index (χ1n) is 5.01. The van der Waals surface area contributed by atoms with Gasteiger partial charge in [0.25, 0.3) is 0 Å². The van der Waals surface area contributed by atoms with E-state index < -0.39 is 0 Å². The molecule has 4 nitrogen and oxygen atoms in total. The van der Waals surface area contributed by atoms with Crippen LogP contribution in [0.2, 0.25) is 0 Å². The second-order valence-corrected chi connectivity index (χ2v) is 3.40. The van der Waals surface area contributed by atoms with Crippen LogP contribution in [0.4, 0.5) is 0 Å². The van der Waals surface area contributed by atoms with Crippen molar-refractivity contribution in [2.24, 2.45) is 5.92 Å². The Labute approximate surface area is 84.5 Å². The van der Waals surface area contributed by atoms with E-state index in [0.29, 0.717) is 26.4 Å². The minimum absolute atomic E-state index is 0.145. The van der Waals surface area contributed by atoms with E-state index in [2.05, 4.69) is 0 Å². The molecular formula is C10H18O4. The molecule has 1 aliphatic rings. The number of methoxy groups -OCH3 is 1. The maximum atomic E-state index is 11.5. The van der Waals surface area contributed by atoms with Gasteiger partial charge in [0.1, 0.15) is 6.61 Å². The molecule has 1 aliphatic heterocycles. The van der Waals surface area contributed by atoms with Crippen LogP contribution in [0.1, 0.15) is 12.8 Å². The molecule has 0 aromatic heterocycles. The minimum Gasteiger partial charge on any atom is -0.382 e. The van der Waals surface area contributed by atoms with Crippen molar-refractivity contribution in [3.63, 3.8) is 0 Å². The van der Waals surface area contributed by atoms with Crippen molar-refractivity contribution in [2.45, 2.75) is 12.8 Å². The summed E-state index contributed by atoms with van der Waals surface area (Å²) < 4.78 is 15.2. The number of rotatable bonds is 6. The number of ether oxygens (including phenoxy) is 3. The van der Waals surface area contributed by atoms with Gasteiger partial charge in [-0.15, -0.1) is 0 Å². The van der Waals surface area contributed by atoms with Gasteiger partial charge < -0.3 is 14.2 Å². The lowest BCUT2D eigenvalue weighted by atomic mass is 9.96. The molecule has 0 atom stereocenters. The predicted molar refractivity (Wildman–Crippen MR) is 51.2 cm³/mol. The predicted octanol–water partition coefficient (Wildman–Crippen LogP) is 0.645. The van der Waals surface area contributed by atoms with Crippen molar-refractivity contribution in [1.29, 1.82) is 0 Å². The molecule has 0 spiro atoms. The van der Waals surface area contributed by atoms with Gasteiger partial charge in [-0.2, -0.15) is 0 Å². The fourth-order valence-corrected chi connectivity index (χ4v) is 1.45. The van der Waals surface area contributed by atoms with Crippen LogP contribution in [0.25, 0.3) is 0 Å². The van der Waals surface area contributed by atoms with Crippen LogP contribution in [0.3, 0.4) is 0 Å². The van der Waals surface area contributed by atoms with Crippen LogP contribution < -0.4 is 0 Å². The lowest BCUT2D eigenvalue weighted by Gasteiger charge is -2.20. The van der Waals surface area contributed by atoms with E-state index in [1.807, 2.05) is 0 Å².